The molecule has 13 heavy (non-hydrogen) atoms. The zero-order valence-electron chi connectivity index (χ0n) is 8.42. The lowest BCUT2D eigenvalue weighted by Crippen LogP contribution is -2.42. The molecule has 1 N–H and O–H groups in total. The van der Waals surface area contributed by atoms with Crippen LogP contribution in [0.1, 0.15) is 26.7 Å². The first kappa shape index (κ1) is 10.5. The Hall–Kier alpha value is -0.590. The second-order valence-electron chi connectivity index (χ2n) is 3.67. The maximum atomic E-state index is 8.75. The largest absolute Gasteiger partial charge is 0.358 e. The first-order valence-corrected chi connectivity index (χ1v) is 5.03. The predicted octanol–water partition coefficient (Wildman–Crippen LogP) is 1.30. The van der Waals surface area contributed by atoms with Crippen LogP contribution in [0, 0.1) is 17.2 Å². The number of piperidine rings is 1. The summed E-state index contributed by atoms with van der Waals surface area (Å²) in [6.45, 7) is 6.13. The van der Waals surface area contributed by atoms with Crippen LogP contribution in [0.15, 0.2) is 0 Å². The maximum Gasteiger partial charge on any atom is 0.144 e. The average molecular weight is 182 g/mol. The summed E-state index contributed by atoms with van der Waals surface area (Å²) in [7, 11) is 0. The Morgan fingerprint density at radius 1 is 1.69 bits per heavy atom. The summed E-state index contributed by atoms with van der Waals surface area (Å²) in [5.41, 5.74) is 0. The van der Waals surface area contributed by atoms with Crippen LogP contribution in [0.3, 0.4) is 0 Å². The second-order valence-corrected chi connectivity index (χ2v) is 3.67. The molecule has 1 aliphatic rings. The van der Waals surface area contributed by atoms with E-state index in [1.54, 1.807) is 0 Å². The van der Waals surface area contributed by atoms with Crippen molar-refractivity contribution < 1.29 is 4.74 Å². The minimum absolute atomic E-state index is 0.221. The van der Waals surface area contributed by atoms with Gasteiger partial charge in [-0.15, -0.1) is 0 Å². The van der Waals surface area contributed by atoms with Crippen molar-refractivity contribution in [2.75, 3.05) is 13.1 Å². The molecular weight excluding hydrogens is 164 g/mol. The minimum atomic E-state index is -0.229. The molecule has 1 heterocycles. The first-order valence-electron chi connectivity index (χ1n) is 5.03. The van der Waals surface area contributed by atoms with E-state index in [0.717, 1.165) is 25.9 Å². The van der Waals surface area contributed by atoms with Gasteiger partial charge < -0.3 is 10.1 Å². The lowest BCUT2D eigenvalue weighted by Gasteiger charge is -2.30. The van der Waals surface area contributed by atoms with Crippen LogP contribution in [-0.2, 0) is 4.74 Å². The van der Waals surface area contributed by atoms with E-state index in [1.165, 1.54) is 0 Å². The van der Waals surface area contributed by atoms with Gasteiger partial charge in [0.25, 0.3) is 0 Å². The summed E-state index contributed by atoms with van der Waals surface area (Å²) in [6.07, 6.45) is 1.91. The summed E-state index contributed by atoms with van der Waals surface area (Å²) in [6, 6.07) is 2.17. The third-order valence-electron chi connectivity index (χ3n) is 2.61. The first-order chi connectivity index (χ1) is 6.27. The standard InChI is InChI=1S/C10H18N2O/c1-3-9(6-11)13-10-7-12-5-4-8(10)2/h8-10,12H,3-5,7H2,1-2H3. The molecule has 3 heteroatoms. The van der Waals surface area contributed by atoms with Crippen LogP contribution in [0.5, 0.6) is 0 Å². The number of nitrogens with zero attached hydrogens (tertiary/aromatic N) is 1. The lowest BCUT2D eigenvalue weighted by molar-refractivity contribution is -0.0256. The summed E-state index contributed by atoms with van der Waals surface area (Å²) in [5.74, 6) is 0.573. The van der Waals surface area contributed by atoms with Gasteiger partial charge in [-0.05, 0) is 25.3 Å². The van der Waals surface area contributed by atoms with Gasteiger partial charge in [0.1, 0.15) is 6.10 Å². The van der Waals surface area contributed by atoms with Gasteiger partial charge in [-0.3, -0.25) is 0 Å². The second kappa shape index (κ2) is 5.21. The maximum absolute atomic E-state index is 8.75. The predicted molar refractivity (Wildman–Crippen MR) is 51.2 cm³/mol. The molecule has 0 amide bonds. The molecule has 3 unspecified atom stereocenters. The monoisotopic (exact) mass is 182 g/mol. The van der Waals surface area contributed by atoms with Crippen molar-refractivity contribution in [1.29, 1.82) is 5.26 Å². The van der Waals surface area contributed by atoms with E-state index < -0.39 is 0 Å². The number of ether oxygens (including phenoxy) is 1. The number of nitrogens with one attached hydrogen (secondary N) is 1. The molecule has 0 aromatic heterocycles. The van der Waals surface area contributed by atoms with E-state index in [0.29, 0.717) is 5.92 Å². The van der Waals surface area contributed by atoms with Gasteiger partial charge >= 0.3 is 0 Å². The van der Waals surface area contributed by atoms with Gasteiger partial charge in [-0.1, -0.05) is 13.8 Å². The van der Waals surface area contributed by atoms with Gasteiger partial charge in [0.2, 0.25) is 0 Å². The molecule has 0 saturated carbocycles. The zero-order chi connectivity index (χ0) is 9.68. The molecule has 3 atom stereocenters. The molecule has 1 fully saturated rings. The van der Waals surface area contributed by atoms with Crippen molar-refractivity contribution >= 4 is 0 Å². The smallest absolute Gasteiger partial charge is 0.144 e. The summed E-state index contributed by atoms with van der Waals surface area (Å²) < 4.78 is 5.68. The van der Waals surface area contributed by atoms with E-state index in [1.807, 2.05) is 6.92 Å². The highest BCUT2D eigenvalue weighted by Gasteiger charge is 2.24. The van der Waals surface area contributed by atoms with E-state index in [2.05, 4.69) is 18.3 Å². The number of hydrogen-bond donors (Lipinski definition) is 1. The Balaban J connectivity index is 2.37. The Labute approximate surface area is 80.1 Å². The van der Waals surface area contributed by atoms with E-state index in [4.69, 9.17) is 10.00 Å². The van der Waals surface area contributed by atoms with E-state index >= 15 is 0 Å². The molecule has 0 radical (unpaired) electrons. The molecule has 1 saturated heterocycles. The highest BCUT2D eigenvalue weighted by molar-refractivity contribution is 4.86. The highest BCUT2D eigenvalue weighted by atomic mass is 16.5. The fourth-order valence-electron chi connectivity index (χ4n) is 1.57. The molecule has 0 aromatic rings. The lowest BCUT2D eigenvalue weighted by atomic mass is 9.97. The van der Waals surface area contributed by atoms with E-state index in [9.17, 15) is 0 Å². The van der Waals surface area contributed by atoms with E-state index in [-0.39, 0.29) is 12.2 Å². The topological polar surface area (TPSA) is 45.0 Å². The summed E-state index contributed by atoms with van der Waals surface area (Å²) >= 11 is 0. The molecule has 0 aromatic carbocycles. The highest BCUT2D eigenvalue weighted by Crippen LogP contribution is 2.16. The van der Waals surface area contributed by atoms with Crippen LogP contribution in [-0.4, -0.2) is 25.3 Å². The molecular formula is C10H18N2O. The molecule has 3 nitrogen and oxygen atoms in total. The van der Waals surface area contributed by atoms with Crippen LogP contribution >= 0.6 is 0 Å². The van der Waals surface area contributed by atoms with Crippen molar-refractivity contribution in [1.82, 2.24) is 5.32 Å². The third-order valence-corrected chi connectivity index (χ3v) is 2.61. The van der Waals surface area contributed by atoms with Gasteiger partial charge in [0.05, 0.1) is 12.2 Å². The molecule has 0 bridgehead atoms. The third kappa shape index (κ3) is 2.98. The van der Waals surface area contributed by atoms with Gasteiger partial charge in [-0.25, -0.2) is 0 Å². The van der Waals surface area contributed by atoms with Gasteiger partial charge in [0, 0.05) is 6.54 Å². The van der Waals surface area contributed by atoms with Gasteiger partial charge in [0.15, 0.2) is 0 Å². The number of hydrogen-bond acceptors (Lipinski definition) is 3. The van der Waals surface area contributed by atoms with Crippen LogP contribution < -0.4 is 5.32 Å². The Morgan fingerprint density at radius 2 is 2.46 bits per heavy atom. The van der Waals surface area contributed by atoms with Crippen LogP contribution in [0.2, 0.25) is 0 Å². The van der Waals surface area contributed by atoms with Crippen LogP contribution in [0.4, 0.5) is 0 Å². The van der Waals surface area contributed by atoms with Crippen molar-refractivity contribution in [3.63, 3.8) is 0 Å². The molecule has 1 rings (SSSR count). The van der Waals surface area contributed by atoms with Crippen LogP contribution in [0.25, 0.3) is 0 Å². The Morgan fingerprint density at radius 3 is 3.00 bits per heavy atom. The Bertz CT molecular complexity index is 188. The summed E-state index contributed by atoms with van der Waals surface area (Å²) in [4.78, 5) is 0. The van der Waals surface area contributed by atoms with Crippen molar-refractivity contribution in [2.45, 2.75) is 38.9 Å². The molecule has 1 aliphatic heterocycles. The molecule has 74 valence electrons. The summed E-state index contributed by atoms with van der Waals surface area (Å²) in [5, 5.41) is 12.0. The fourth-order valence-corrected chi connectivity index (χ4v) is 1.57. The Kier molecular flexibility index (Phi) is 4.20. The zero-order valence-corrected chi connectivity index (χ0v) is 8.42. The molecule has 0 spiro atoms. The van der Waals surface area contributed by atoms with Crippen molar-refractivity contribution in [2.24, 2.45) is 5.92 Å². The van der Waals surface area contributed by atoms with Crippen molar-refractivity contribution in [3.8, 4) is 6.07 Å². The number of rotatable bonds is 3. The normalized spacial score (nSPS) is 30.8. The number of nitriles is 1. The minimum Gasteiger partial charge on any atom is -0.358 e. The average Bonchev–Trinajstić information content (AvgIpc) is 2.17. The fraction of sp³-hybridized carbons (Fsp3) is 0.900. The quantitative estimate of drug-likeness (QED) is 0.715. The van der Waals surface area contributed by atoms with Crippen molar-refractivity contribution in [3.05, 3.63) is 0 Å². The molecule has 0 aliphatic carbocycles. The SMILES string of the molecule is CCC(C#N)OC1CNCCC1C. The van der Waals surface area contributed by atoms with Gasteiger partial charge in [-0.2, -0.15) is 5.26 Å².